The van der Waals surface area contributed by atoms with Crippen molar-refractivity contribution in [2.24, 2.45) is 0 Å². The minimum absolute atomic E-state index is 0.114. The van der Waals surface area contributed by atoms with Gasteiger partial charge >= 0.3 is 0 Å². The lowest BCUT2D eigenvalue weighted by atomic mass is 10.1. The van der Waals surface area contributed by atoms with Gasteiger partial charge in [0.05, 0.1) is 6.33 Å². The Morgan fingerprint density at radius 1 is 1.18 bits per heavy atom. The van der Waals surface area contributed by atoms with Gasteiger partial charge in [0, 0.05) is 18.2 Å². The Kier molecular flexibility index (Phi) is 2.79. The van der Waals surface area contributed by atoms with Gasteiger partial charge in [-0.2, -0.15) is 0 Å². The number of aromatic nitrogens is 2. The van der Waals surface area contributed by atoms with Crippen LogP contribution >= 0.6 is 0 Å². The van der Waals surface area contributed by atoms with E-state index in [4.69, 9.17) is 5.73 Å². The van der Waals surface area contributed by atoms with E-state index in [9.17, 15) is 13.2 Å². The first kappa shape index (κ1) is 11.5. The summed E-state index contributed by atoms with van der Waals surface area (Å²) in [6.07, 6.45) is 1.42. The van der Waals surface area contributed by atoms with E-state index < -0.39 is 17.5 Å². The predicted molar refractivity (Wildman–Crippen MR) is 57.6 cm³/mol. The number of benzene rings is 1. The molecule has 0 saturated carbocycles. The van der Waals surface area contributed by atoms with Crippen LogP contribution in [0.4, 0.5) is 19.0 Å². The minimum atomic E-state index is -1.24. The van der Waals surface area contributed by atoms with Gasteiger partial charge in [0.2, 0.25) is 0 Å². The van der Waals surface area contributed by atoms with Gasteiger partial charge in [-0.25, -0.2) is 18.2 Å². The Morgan fingerprint density at radius 2 is 1.82 bits per heavy atom. The normalized spacial score (nSPS) is 10.8. The molecular weight excluding hydrogens is 231 g/mol. The van der Waals surface area contributed by atoms with Crippen LogP contribution in [0.1, 0.15) is 6.92 Å². The van der Waals surface area contributed by atoms with Crippen LogP contribution in [0, 0.1) is 17.5 Å². The van der Waals surface area contributed by atoms with Crippen molar-refractivity contribution in [3.8, 4) is 11.3 Å². The summed E-state index contributed by atoms with van der Waals surface area (Å²) in [4.78, 5) is 3.90. The molecule has 1 aromatic heterocycles. The second kappa shape index (κ2) is 4.12. The molecule has 0 spiro atoms. The third-order valence-electron chi connectivity index (χ3n) is 2.48. The predicted octanol–water partition coefficient (Wildman–Crippen LogP) is 2.57. The van der Waals surface area contributed by atoms with Crippen molar-refractivity contribution in [1.82, 2.24) is 9.55 Å². The Balaban J connectivity index is 2.60. The van der Waals surface area contributed by atoms with E-state index in [1.165, 1.54) is 6.33 Å². The first-order valence-electron chi connectivity index (χ1n) is 5.00. The van der Waals surface area contributed by atoms with Gasteiger partial charge in [-0.1, -0.05) is 0 Å². The van der Waals surface area contributed by atoms with Gasteiger partial charge < -0.3 is 10.3 Å². The zero-order chi connectivity index (χ0) is 12.6. The third-order valence-corrected chi connectivity index (χ3v) is 2.48. The van der Waals surface area contributed by atoms with E-state index in [0.29, 0.717) is 12.6 Å². The van der Waals surface area contributed by atoms with E-state index in [2.05, 4.69) is 4.98 Å². The zero-order valence-corrected chi connectivity index (χ0v) is 9.04. The molecular formula is C11H10F3N3. The summed E-state index contributed by atoms with van der Waals surface area (Å²) >= 11 is 0. The molecule has 1 aromatic carbocycles. The highest BCUT2D eigenvalue weighted by Crippen LogP contribution is 2.28. The average molecular weight is 241 g/mol. The standard InChI is InChI=1S/C11H10F3N3/c1-2-17-5-16-10(11(17)15)6-3-8(13)9(14)4-7(6)12/h3-5H,2,15H2,1H3. The Bertz CT molecular complexity index is 563. The van der Waals surface area contributed by atoms with Crippen LogP contribution in [0.5, 0.6) is 0 Å². The largest absolute Gasteiger partial charge is 0.383 e. The second-order valence-corrected chi connectivity index (χ2v) is 3.51. The van der Waals surface area contributed by atoms with E-state index in [1.807, 2.05) is 6.92 Å². The molecule has 2 aromatic rings. The number of imidazole rings is 1. The molecule has 17 heavy (non-hydrogen) atoms. The fourth-order valence-corrected chi connectivity index (χ4v) is 1.56. The van der Waals surface area contributed by atoms with Crippen LogP contribution in [0.2, 0.25) is 0 Å². The smallest absolute Gasteiger partial charge is 0.161 e. The molecule has 0 atom stereocenters. The van der Waals surface area contributed by atoms with Gasteiger partial charge in [-0.05, 0) is 13.0 Å². The molecule has 0 saturated heterocycles. The number of hydrogen-bond acceptors (Lipinski definition) is 2. The number of rotatable bonds is 2. The van der Waals surface area contributed by atoms with E-state index in [1.54, 1.807) is 4.57 Å². The van der Waals surface area contributed by atoms with Crippen LogP contribution in [0.15, 0.2) is 18.5 Å². The van der Waals surface area contributed by atoms with Crippen molar-refractivity contribution in [1.29, 1.82) is 0 Å². The molecule has 1 heterocycles. The summed E-state index contributed by atoms with van der Waals surface area (Å²) in [5, 5.41) is 0. The fraction of sp³-hybridized carbons (Fsp3) is 0.182. The summed E-state index contributed by atoms with van der Waals surface area (Å²) in [6.45, 7) is 2.40. The van der Waals surface area contributed by atoms with Crippen molar-refractivity contribution >= 4 is 5.82 Å². The molecule has 3 nitrogen and oxygen atoms in total. The molecule has 0 bridgehead atoms. The molecule has 2 rings (SSSR count). The zero-order valence-electron chi connectivity index (χ0n) is 9.04. The van der Waals surface area contributed by atoms with Crippen molar-refractivity contribution < 1.29 is 13.2 Å². The van der Waals surface area contributed by atoms with Crippen molar-refractivity contribution in [2.75, 3.05) is 5.73 Å². The summed E-state index contributed by atoms with van der Waals surface area (Å²) in [6, 6.07) is 1.23. The van der Waals surface area contributed by atoms with Crippen molar-refractivity contribution in [3.05, 3.63) is 35.9 Å². The summed E-state index contributed by atoms with van der Waals surface area (Å²) in [5.74, 6) is -3.04. The molecule has 0 fully saturated rings. The highest BCUT2D eigenvalue weighted by molar-refractivity contribution is 5.70. The van der Waals surface area contributed by atoms with E-state index in [0.717, 1.165) is 6.07 Å². The maximum atomic E-state index is 13.5. The number of nitrogens with zero attached hydrogens (tertiary/aromatic N) is 2. The van der Waals surface area contributed by atoms with E-state index >= 15 is 0 Å². The van der Waals surface area contributed by atoms with E-state index in [-0.39, 0.29) is 17.1 Å². The maximum absolute atomic E-state index is 13.5. The van der Waals surface area contributed by atoms with Crippen LogP contribution < -0.4 is 5.73 Å². The van der Waals surface area contributed by atoms with Crippen molar-refractivity contribution in [2.45, 2.75) is 13.5 Å². The number of hydrogen-bond donors (Lipinski definition) is 1. The van der Waals surface area contributed by atoms with Crippen LogP contribution in [-0.4, -0.2) is 9.55 Å². The highest BCUT2D eigenvalue weighted by Gasteiger charge is 2.16. The van der Waals surface area contributed by atoms with Gasteiger partial charge in [-0.3, -0.25) is 0 Å². The first-order valence-corrected chi connectivity index (χ1v) is 5.00. The topological polar surface area (TPSA) is 43.8 Å². The molecule has 0 aliphatic rings. The lowest BCUT2D eigenvalue weighted by Crippen LogP contribution is -2.00. The molecule has 2 N–H and O–H groups in total. The maximum Gasteiger partial charge on any atom is 0.161 e. The Morgan fingerprint density at radius 3 is 2.41 bits per heavy atom. The fourth-order valence-electron chi connectivity index (χ4n) is 1.56. The number of aryl methyl sites for hydroxylation is 1. The lowest BCUT2D eigenvalue weighted by Gasteiger charge is -2.04. The summed E-state index contributed by atoms with van der Waals surface area (Å²) < 4.78 is 40.9. The van der Waals surface area contributed by atoms with Gasteiger partial charge in [-0.15, -0.1) is 0 Å². The lowest BCUT2D eigenvalue weighted by molar-refractivity contribution is 0.496. The molecule has 0 aliphatic carbocycles. The first-order chi connectivity index (χ1) is 8.04. The van der Waals surface area contributed by atoms with Gasteiger partial charge in [0.15, 0.2) is 11.6 Å². The van der Waals surface area contributed by atoms with Crippen LogP contribution in [0.3, 0.4) is 0 Å². The molecule has 0 unspecified atom stereocenters. The SMILES string of the molecule is CCn1cnc(-c2cc(F)c(F)cc2F)c1N. The summed E-state index contributed by atoms with van der Waals surface area (Å²) in [7, 11) is 0. The number of nitrogens with two attached hydrogens (primary N) is 1. The number of nitrogen functional groups attached to an aromatic ring is 1. The Hall–Kier alpha value is -1.98. The molecule has 6 heteroatoms. The third kappa shape index (κ3) is 1.86. The van der Waals surface area contributed by atoms with Crippen molar-refractivity contribution in [3.63, 3.8) is 0 Å². The Labute approximate surface area is 95.7 Å². The molecule has 90 valence electrons. The average Bonchev–Trinajstić information content (AvgIpc) is 2.65. The summed E-state index contributed by atoms with van der Waals surface area (Å²) in [5.41, 5.74) is 5.69. The van der Waals surface area contributed by atoms with Crippen LogP contribution in [0.25, 0.3) is 11.3 Å². The molecule has 0 aliphatic heterocycles. The molecule has 0 radical (unpaired) electrons. The second-order valence-electron chi connectivity index (χ2n) is 3.51. The van der Waals surface area contributed by atoms with Gasteiger partial charge in [0.25, 0.3) is 0 Å². The quantitative estimate of drug-likeness (QED) is 0.821. The van der Waals surface area contributed by atoms with Gasteiger partial charge in [0.1, 0.15) is 17.3 Å². The number of anilines is 1. The monoisotopic (exact) mass is 241 g/mol. The number of halogens is 3. The minimum Gasteiger partial charge on any atom is -0.383 e. The highest BCUT2D eigenvalue weighted by atomic mass is 19.2. The molecule has 0 amide bonds. The van der Waals surface area contributed by atoms with Crippen LogP contribution in [-0.2, 0) is 6.54 Å².